The van der Waals surface area contributed by atoms with Crippen LogP contribution < -0.4 is 5.32 Å². The molecule has 0 aliphatic rings. The highest BCUT2D eigenvalue weighted by Gasteiger charge is 2.30. The average molecular weight is 393 g/mol. The van der Waals surface area contributed by atoms with Crippen LogP contribution in [0.5, 0.6) is 0 Å². The molecule has 0 aliphatic heterocycles. The summed E-state index contributed by atoms with van der Waals surface area (Å²) < 4.78 is 15.8. The van der Waals surface area contributed by atoms with Crippen LogP contribution in [0.1, 0.15) is 40.5 Å². The van der Waals surface area contributed by atoms with Crippen LogP contribution in [0.3, 0.4) is 0 Å². The lowest BCUT2D eigenvalue weighted by Crippen LogP contribution is -2.53. The van der Waals surface area contributed by atoms with E-state index in [4.69, 9.17) is 14.2 Å². The number of carbonyl (C=O) groups excluding carboxylic acids is 2. The van der Waals surface area contributed by atoms with Crippen molar-refractivity contribution in [3.63, 3.8) is 0 Å². The normalized spacial score (nSPS) is 13.7. The van der Waals surface area contributed by atoms with Gasteiger partial charge >= 0.3 is 0 Å². The van der Waals surface area contributed by atoms with E-state index in [1.54, 1.807) is 38.0 Å². The fourth-order valence-electron chi connectivity index (χ4n) is 2.78. The SMILES string of the molecule is CCSCCC(C(=O)NCC(CC(OC)OC)OC)N(C(C)=O)C(C)C. The van der Waals surface area contributed by atoms with Crippen molar-refractivity contribution >= 4 is 23.6 Å². The number of hydrogen-bond donors (Lipinski definition) is 1. The summed E-state index contributed by atoms with van der Waals surface area (Å²) in [6.07, 6.45) is 0.497. The number of ether oxygens (including phenoxy) is 3. The van der Waals surface area contributed by atoms with E-state index in [0.717, 1.165) is 11.5 Å². The number of hydrogen-bond acceptors (Lipinski definition) is 6. The van der Waals surface area contributed by atoms with Crippen LogP contribution in [0.4, 0.5) is 0 Å². The number of amides is 2. The maximum Gasteiger partial charge on any atom is 0.242 e. The van der Waals surface area contributed by atoms with Gasteiger partial charge in [-0.05, 0) is 31.8 Å². The van der Waals surface area contributed by atoms with E-state index >= 15 is 0 Å². The molecule has 0 saturated heterocycles. The zero-order chi connectivity index (χ0) is 20.1. The van der Waals surface area contributed by atoms with Crippen molar-refractivity contribution < 1.29 is 23.8 Å². The molecule has 0 fully saturated rings. The first-order valence-electron chi connectivity index (χ1n) is 9.04. The van der Waals surface area contributed by atoms with Crippen molar-refractivity contribution in [3.05, 3.63) is 0 Å². The summed E-state index contributed by atoms with van der Waals surface area (Å²) in [7, 11) is 4.72. The number of nitrogens with one attached hydrogen (secondary N) is 1. The van der Waals surface area contributed by atoms with E-state index in [1.807, 2.05) is 13.8 Å². The molecule has 0 aromatic heterocycles. The molecule has 0 heterocycles. The maximum absolute atomic E-state index is 12.8. The van der Waals surface area contributed by atoms with Gasteiger partial charge in [-0.2, -0.15) is 11.8 Å². The molecule has 0 saturated carbocycles. The average Bonchev–Trinajstić information content (AvgIpc) is 2.60. The highest BCUT2D eigenvalue weighted by molar-refractivity contribution is 7.99. The molecule has 0 aromatic rings. The van der Waals surface area contributed by atoms with Crippen molar-refractivity contribution in [1.29, 1.82) is 0 Å². The third kappa shape index (κ3) is 9.21. The minimum absolute atomic E-state index is 0.0422. The summed E-state index contributed by atoms with van der Waals surface area (Å²) in [6, 6.07) is -0.524. The summed E-state index contributed by atoms with van der Waals surface area (Å²) >= 11 is 1.76. The van der Waals surface area contributed by atoms with Gasteiger partial charge in [0, 0.05) is 47.3 Å². The van der Waals surface area contributed by atoms with Crippen molar-refractivity contribution in [2.45, 2.75) is 65.0 Å². The Kier molecular flexibility index (Phi) is 13.8. The minimum atomic E-state index is -0.482. The third-order valence-corrected chi connectivity index (χ3v) is 5.05. The van der Waals surface area contributed by atoms with Gasteiger partial charge in [-0.1, -0.05) is 6.92 Å². The van der Waals surface area contributed by atoms with E-state index in [-0.39, 0.29) is 24.0 Å². The number of carbonyl (C=O) groups is 2. The quantitative estimate of drug-likeness (QED) is 0.359. The Hall–Kier alpha value is -0.830. The Balaban J connectivity index is 4.95. The van der Waals surface area contributed by atoms with E-state index in [2.05, 4.69) is 12.2 Å². The first-order valence-corrected chi connectivity index (χ1v) is 10.2. The van der Waals surface area contributed by atoms with Crippen LogP contribution in [0, 0.1) is 0 Å². The van der Waals surface area contributed by atoms with Crippen molar-refractivity contribution in [3.8, 4) is 0 Å². The Morgan fingerprint density at radius 3 is 2.15 bits per heavy atom. The van der Waals surface area contributed by atoms with Gasteiger partial charge in [-0.15, -0.1) is 0 Å². The molecule has 26 heavy (non-hydrogen) atoms. The molecule has 0 rings (SSSR count). The smallest absolute Gasteiger partial charge is 0.242 e. The minimum Gasteiger partial charge on any atom is -0.379 e. The van der Waals surface area contributed by atoms with Gasteiger partial charge in [0.15, 0.2) is 6.29 Å². The van der Waals surface area contributed by atoms with Crippen LogP contribution in [-0.2, 0) is 23.8 Å². The van der Waals surface area contributed by atoms with Gasteiger partial charge in [0.1, 0.15) is 6.04 Å². The first kappa shape index (κ1) is 25.2. The molecule has 0 spiro atoms. The number of nitrogens with zero attached hydrogens (tertiary/aromatic N) is 1. The summed E-state index contributed by atoms with van der Waals surface area (Å²) in [5, 5.41) is 2.93. The van der Waals surface area contributed by atoms with Gasteiger partial charge in [0.05, 0.1) is 6.10 Å². The van der Waals surface area contributed by atoms with Crippen LogP contribution >= 0.6 is 11.8 Å². The van der Waals surface area contributed by atoms with Crippen LogP contribution in [-0.4, -0.2) is 80.6 Å². The molecule has 154 valence electrons. The molecule has 8 heteroatoms. The first-order chi connectivity index (χ1) is 12.3. The molecule has 7 nitrogen and oxygen atoms in total. The van der Waals surface area contributed by atoms with E-state index in [0.29, 0.717) is 19.4 Å². The Morgan fingerprint density at radius 2 is 1.73 bits per heavy atom. The molecular formula is C18H36N2O5S. The Bertz CT molecular complexity index is 405. The van der Waals surface area contributed by atoms with Crippen LogP contribution in [0.25, 0.3) is 0 Å². The lowest BCUT2D eigenvalue weighted by atomic mass is 10.1. The highest BCUT2D eigenvalue weighted by atomic mass is 32.2. The van der Waals surface area contributed by atoms with Gasteiger partial charge in [0.25, 0.3) is 0 Å². The third-order valence-electron chi connectivity index (χ3n) is 4.12. The predicted molar refractivity (Wildman–Crippen MR) is 105 cm³/mol. The van der Waals surface area contributed by atoms with Crippen molar-refractivity contribution in [2.24, 2.45) is 0 Å². The summed E-state index contributed by atoms with van der Waals surface area (Å²) in [4.78, 5) is 26.5. The number of thioether (sulfide) groups is 1. The van der Waals surface area contributed by atoms with E-state index < -0.39 is 12.3 Å². The monoisotopic (exact) mass is 392 g/mol. The molecule has 2 atom stereocenters. The maximum atomic E-state index is 12.8. The fraction of sp³-hybridized carbons (Fsp3) is 0.889. The summed E-state index contributed by atoms with van der Waals surface area (Å²) in [5.74, 6) is 1.56. The van der Waals surface area contributed by atoms with Gasteiger partial charge in [-0.25, -0.2) is 0 Å². The molecule has 0 bridgehead atoms. The fourth-order valence-corrected chi connectivity index (χ4v) is 3.46. The van der Waals surface area contributed by atoms with E-state index in [1.165, 1.54) is 6.92 Å². The van der Waals surface area contributed by atoms with Crippen molar-refractivity contribution in [1.82, 2.24) is 10.2 Å². The molecular weight excluding hydrogens is 356 g/mol. The molecule has 0 aliphatic carbocycles. The second-order valence-corrected chi connectivity index (χ2v) is 7.65. The summed E-state index contributed by atoms with van der Waals surface area (Å²) in [6.45, 7) is 7.77. The van der Waals surface area contributed by atoms with Gasteiger partial charge in [-0.3, -0.25) is 9.59 Å². The second-order valence-electron chi connectivity index (χ2n) is 6.26. The van der Waals surface area contributed by atoms with Crippen LogP contribution in [0.2, 0.25) is 0 Å². The molecule has 0 radical (unpaired) electrons. The molecule has 2 unspecified atom stereocenters. The standard InChI is InChI=1S/C18H36N2O5S/c1-8-26-10-9-16(20(13(2)3)14(4)21)18(22)19-12-15(23-5)11-17(24-6)25-7/h13,15-17H,8-12H2,1-7H3,(H,19,22). The largest absolute Gasteiger partial charge is 0.379 e. The Morgan fingerprint density at radius 1 is 1.12 bits per heavy atom. The number of methoxy groups -OCH3 is 3. The lowest BCUT2D eigenvalue weighted by Gasteiger charge is -2.34. The lowest BCUT2D eigenvalue weighted by molar-refractivity contribution is -0.142. The van der Waals surface area contributed by atoms with Crippen molar-refractivity contribution in [2.75, 3.05) is 39.4 Å². The van der Waals surface area contributed by atoms with Crippen LogP contribution in [0.15, 0.2) is 0 Å². The molecule has 1 N–H and O–H groups in total. The van der Waals surface area contributed by atoms with E-state index in [9.17, 15) is 9.59 Å². The second kappa shape index (κ2) is 14.3. The zero-order valence-corrected chi connectivity index (χ0v) is 18.1. The topological polar surface area (TPSA) is 77.1 Å². The molecule has 2 amide bonds. The zero-order valence-electron chi connectivity index (χ0n) is 17.2. The Labute approximate surface area is 162 Å². The van der Waals surface area contributed by atoms with Gasteiger partial charge in [0.2, 0.25) is 11.8 Å². The summed E-state index contributed by atoms with van der Waals surface area (Å²) in [5.41, 5.74) is 0. The van der Waals surface area contributed by atoms with Gasteiger partial charge < -0.3 is 24.4 Å². The predicted octanol–water partition coefficient (Wildman–Crippen LogP) is 1.90. The molecule has 0 aromatic carbocycles. The number of rotatable bonds is 14. The highest BCUT2D eigenvalue weighted by Crippen LogP contribution is 2.14.